The van der Waals surface area contributed by atoms with Gasteiger partial charge in [-0.25, -0.2) is 0 Å². The average Bonchev–Trinajstić information content (AvgIpc) is 2.50. The highest BCUT2D eigenvalue weighted by Gasteiger charge is 2.41. The molecular formula is C18H38O3S. The van der Waals surface area contributed by atoms with Crippen LogP contribution in [0.25, 0.3) is 0 Å². The second-order valence-corrected chi connectivity index (χ2v) is 6.12. The van der Waals surface area contributed by atoms with Crippen LogP contribution in [0.1, 0.15) is 79.1 Å². The van der Waals surface area contributed by atoms with E-state index < -0.39 is 5.97 Å². The Labute approximate surface area is 143 Å². The maximum absolute atomic E-state index is 5.98. The molecule has 22 heavy (non-hydrogen) atoms. The van der Waals surface area contributed by atoms with Gasteiger partial charge in [0.15, 0.2) is 0 Å². The standard InChI is InChI=1S/C18H38O3S/c1-5-9-10-11-12-14-17(15-13-16-22)18(19-6-2,20-7-3)21-8-4/h17,22H,5-16H2,1-4H3. The first-order chi connectivity index (χ1) is 10.7. The number of ether oxygens (including phenoxy) is 3. The van der Waals surface area contributed by atoms with Gasteiger partial charge in [-0.15, -0.1) is 0 Å². The van der Waals surface area contributed by atoms with Crippen molar-refractivity contribution in [2.45, 2.75) is 85.0 Å². The molecule has 0 aromatic heterocycles. The fourth-order valence-electron chi connectivity index (χ4n) is 2.91. The first kappa shape index (κ1) is 22.2. The lowest BCUT2D eigenvalue weighted by Crippen LogP contribution is -2.46. The van der Waals surface area contributed by atoms with Crippen molar-refractivity contribution in [1.82, 2.24) is 0 Å². The van der Waals surface area contributed by atoms with Gasteiger partial charge in [-0.2, -0.15) is 12.6 Å². The van der Waals surface area contributed by atoms with Crippen LogP contribution >= 0.6 is 12.6 Å². The molecule has 0 bridgehead atoms. The van der Waals surface area contributed by atoms with E-state index in [9.17, 15) is 0 Å². The van der Waals surface area contributed by atoms with Gasteiger partial charge in [-0.1, -0.05) is 39.0 Å². The fourth-order valence-corrected chi connectivity index (χ4v) is 3.09. The van der Waals surface area contributed by atoms with E-state index in [0.29, 0.717) is 19.8 Å². The number of unbranched alkanes of at least 4 members (excludes halogenated alkanes) is 4. The third-order valence-corrected chi connectivity index (χ3v) is 4.22. The van der Waals surface area contributed by atoms with Gasteiger partial charge in [0.05, 0.1) is 0 Å². The normalized spacial score (nSPS) is 13.5. The van der Waals surface area contributed by atoms with Crippen molar-refractivity contribution in [3.63, 3.8) is 0 Å². The zero-order valence-corrected chi connectivity index (χ0v) is 16.1. The lowest BCUT2D eigenvalue weighted by Gasteiger charge is -2.39. The van der Waals surface area contributed by atoms with E-state index in [2.05, 4.69) is 19.6 Å². The minimum Gasteiger partial charge on any atom is -0.328 e. The fraction of sp³-hybridized carbons (Fsp3) is 1.00. The molecule has 0 spiro atoms. The molecule has 1 atom stereocenters. The van der Waals surface area contributed by atoms with Gasteiger partial charge in [-0.3, -0.25) is 0 Å². The molecule has 0 heterocycles. The zero-order valence-electron chi connectivity index (χ0n) is 15.2. The molecule has 4 heteroatoms. The SMILES string of the molecule is CCCCCCCC(CCCS)C(OCC)(OCC)OCC. The van der Waals surface area contributed by atoms with Crippen LogP contribution in [0.3, 0.4) is 0 Å². The highest BCUT2D eigenvalue weighted by molar-refractivity contribution is 7.80. The summed E-state index contributed by atoms with van der Waals surface area (Å²) in [7, 11) is 0. The van der Waals surface area contributed by atoms with Crippen LogP contribution in [0.5, 0.6) is 0 Å². The summed E-state index contributed by atoms with van der Waals surface area (Å²) < 4.78 is 17.9. The van der Waals surface area contributed by atoms with Crippen LogP contribution < -0.4 is 0 Å². The summed E-state index contributed by atoms with van der Waals surface area (Å²) in [5, 5.41) is 0. The summed E-state index contributed by atoms with van der Waals surface area (Å²) >= 11 is 4.36. The Balaban J connectivity index is 4.77. The number of hydrogen-bond acceptors (Lipinski definition) is 4. The first-order valence-electron chi connectivity index (χ1n) is 9.23. The third kappa shape index (κ3) is 8.76. The van der Waals surface area contributed by atoms with Crippen molar-refractivity contribution < 1.29 is 14.2 Å². The third-order valence-electron chi connectivity index (χ3n) is 3.90. The summed E-state index contributed by atoms with van der Waals surface area (Å²) in [4.78, 5) is 0. The van der Waals surface area contributed by atoms with Gasteiger partial charge in [-0.05, 0) is 45.8 Å². The second kappa shape index (κ2) is 14.8. The lowest BCUT2D eigenvalue weighted by atomic mass is 9.93. The van der Waals surface area contributed by atoms with Crippen molar-refractivity contribution in [2.24, 2.45) is 5.92 Å². The van der Waals surface area contributed by atoms with E-state index in [1.807, 2.05) is 20.8 Å². The Morgan fingerprint density at radius 1 is 0.727 bits per heavy atom. The Morgan fingerprint density at radius 3 is 1.68 bits per heavy atom. The molecular weight excluding hydrogens is 296 g/mol. The molecule has 0 fully saturated rings. The van der Waals surface area contributed by atoms with E-state index in [0.717, 1.165) is 25.0 Å². The van der Waals surface area contributed by atoms with E-state index in [1.54, 1.807) is 0 Å². The van der Waals surface area contributed by atoms with E-state index in [4.69, 9.17) is 14.2 Å². The molecule has 0 saturated heterocycles. The number of thiol groups is 1. The van der Waals surface area contributed by atoms with Crippen molar-refractivity contribution in [3.8, 4) is 0 Å². The van der Waals surface area contributed by atoms with Crippen molar-refractivity contribution in [2.75, 3.05) is 25.6 Å². The predicted molar refractivity (Wildman–Crippen MR) is 97.6 cm³/mol. The molecule has 0 amide bonds. The molecule has 0 aliphatic rings. The Bertz CT molecular complexity index is 219. The van der Waals surface area contributed by atoms with Crippen LogP contribution in [0.15, 0.2) is 0 Å². The molecule has 0 saturated carbocycles. The molecule has 0 radical (unpaired) electrons. The minimum atomic E-state index is -0.869. The quantitative estimate of drug-likeness (QED) is 0.231. The smallest absolute Gasteiger partial charge is 0.285 e. The molecule has 0 aliphatic heterocycles. The molecule has 0 rings (SSSR count). The monoisotopic (exact) mass is 334 g/mol. The minimum absolute atomic E-state index is 0.279. The maximum atomic E-state index is 5.98. The molecule has 0 aromatic rings. The molecule has 0 aromatic carbocycles. The predicted octanol–water partition coefficient (Wildman–Crippen LogP) is 5.44. The van der Waals surface area contributed by atoms with Crippen LogP contribution in [-0.2, 0) is 14.2 Å². The average molecular weight is 335 g/mol. The highest BCUT2D eigenvalue weighted by Crippen LogP contribution is 2.34. The molecule has 3 nitrogen and oxygen atoms in total. The summed E-state index contributed by atoms with van der Waals surface area (Å²) in [5.74, 6) is 0.305. The highest BCUT2D eigenvalue weighted by atomic mass is 32.1. The second-order valence-electron chi connectivity index (χ2n) is 5.67. The maximum Gasteiger partial charge on any atom is 0.285 e. The van der Waals surface area contributed by atoms with Gasteiger partial charge >= 0.3 is 0 Å². The zero-order chi connectivity index (χ0) is 16.7. The Morgan fingerprint density at radius 2 is 1.23 bits per heavy atom. The topological polar surface area (TPSA) is 27.7 Å². The van der Waals surface area contributed by atoms with Gasteiger partial charge in [0, 0.05) is 25.7 Å². The molecule has 134 valence electrons. The van der Waals surface area contributed by atoms with Gasteiger partial charge < -0.3 is 14.2 Å². The number of hydrogen-bond donors (Lipinski definition) is 1. The van der Waals surface area contributed by atoms with Gasteiger partial charge in [0.25, 0.3) is 5.97 Å². The Hall–Kier alpha value is 0.230. The van der Waals surface area contributed by atoms with Crippen molar-refractivity contribution >= 4 is 12.6 Å². The van der Waals surface area contributed by atoms with Gasteiger partial charge in [0.2, 0.25) is 0 Å². The van der Waals surface area contributed by atoms with Crippen LogP contribution in [0.2, 0.25) is 0 Å². The molecule has 0 aliphatic carbocycles. The number of rotatable bonds is 16. The lowest BCUT2D eigenvalue weighted by molar-refractivity contribution is -0.403. The van der Waals surface area contributed by atoms with Crippen molar-refractivity contribution in [3.05, 3.63) is 0 Å². The first-order valence-corrected chi connectivity index (χ1v) is 9.86. The summed E-state index contributed by atoms with van der Waals surface area (Å²) in [5.41, 5.74) is 0. The Kier molecular flexibility index (Phi) is 15.0. The summed E-state index contributed by atoms with van der Waals surface area (Å²) in [6, 6.07) is 0. The molecule has 0 N–H and O–H groups in total. The summed E-state index contributed by atoms with van der Waals surface area (Å²) in [6.07, 6.45) is 9.63. The van der Waals surface area contributed by atoms with Crippen LogP contribution in [-0.4, -0.2) is 31.5 Å². The largest absolute Gasteiger partial charge is 0.328 e. The summed E-state index contributed by atoms with van der Waals surface area (Å²) in [6.45, 7) is 10.1. The van der Waals surface area contributed by atoms with E-state index in [-0.39, 0.29) is 5.92 Å². The molecule has 1 unspecified atom stereocenters. The van der Waals surface area contributed by atoms with Crippen LogP contribution in [0.4, 0.5) is 0 Å². The van der Waals surface area contributed by atoms with E-state index in [1.165, 1.54) is 32.1 Å². The van der Waals surface area contributed by atoms with Crippen molar-refractivity contribution in [1.29, 1.82) is 0 Å². The van der Waals surface area contributed by atoms with E-state index >= 15 is 0 Å². The van der Waals surface area contributed by atoms with Gasteiger partial charge in [0.1, 0.15) is 0 Å². The van der Waals surface area contributed by atoms with Crippen LogP contribution in [0, 0.1) is 5.92 Å².